The van der Waals surface area contributed by atoms with E-state index in [1.54, 1.807) is 0 Å². The van der Waals surface area contributed by atoms with Crippen LogP contribution >= 0.6 is 11.6 Å². The molecule has 0 atom stereocenters. The Balaban J connectivity index is 3.43. The molecule has 0 unspecified atom stereocenters. The van der Waals surface area contributed by atoms with E-state index < -0.39 is 11.9 Å². The summed E-state index contributed by atoms with van der Waals surface area (Å²) in [6.45, 7) is 0.396. The molecule has 0 rings (SSSR count). The molecule has 0 aromatic heterocycles. The molecule has 0 bridgehead atoms. The molecule has 0 aromatic rings. The van der Waals surface area contributed by atoms with Crippen LogP contribution in [0.2, 0.25) is 0 Å². The number of primary amides is 1. The first-order valence-corrected chi connectivity index (χ1v) is 5.51. The lowest BCUT2D eigenvalue weighted by Gasteiger charge is -2.05. The number of rotatable bonds is 7. The summed E-state index contributed by atoms with van der Waals surface area (Å²) in [7, 11) is 0. The molecule has 0 spiro atoms. The standard InChI is InChI=1S/C9H16ClN3O3/c10-5-4-8(15)13-9(16)12-6-2-1-3-7(11)14/h1-6H2,(H2,11,14)(H2,12,13,15,16). The van der Waals surface area contributed by atoms with E-state index in [-0.39, 0.29) is 18.2 Å². The van der Waals surface area contributed by atoms with E-state index in [4.69, 9.17) is 17.3 Å². The molecular formula is C9H16ClN3O3. The van der Waals surface area contributed by atoms with Crippen molar-refractivity contribution in [3.63, 3.8) is 0 Å². The first kappa shape index (κ1) is 14.7. The van der Waals surface area contributed by atoms with Gasteiger partial charge in [-0.05, 0) is 12.8 Å². The van der Waals surface area contributed by atoms with Gasteiger partial charge in [0.15, 0.2) is 0 Å². The summed E-state index contributed by atoms with van der Waals surface area (Å²) >= 11 is 5.32. The quantitative estimate of drug-likeness (QED) is 0.440. The van der Waals surface area contributed by atoms with Gasteiger partial charge in [-0.2, -0.15) is 0 Å². The Morgan fingerprint density at radius 3 is 2.38 bits per heavy atom. The van der Waals surface area contributed by atoms with Crippen molar-refractivity contribution in [1.29, 1.82) is 0 Å². The highest BCUT2D eigenvalue weighted by molar-refractivity contribution is 6.19. The van der Waals surface area contributed by atoms with Gasteiger partial charge < -0.3 is 11.1 Å². The monoisotopic (exact) mass is 249 g/mol. The molecule has 0 radical (unpaired) electrons. The number of hydrogen-bond acceptors (Lipinski definition) is 3. The van der Waals surface area contributed by atoms with E-state index in [9.17, 15) is 14.4 Å². The predicted molar refractivity (Wildman–Crippen MR) is 59.9 cm³/mol. The Morgan fingerprint density at radius 1 is 1.12 bits per heavy atom. The van der Waals surface area contributed by atoms with Crippen LogP contribution in [-0.2, 0) is 9.59 Å². The second-order valence-corrected chi connectivity index (χ2v) is 3.54. The van der Waals surface area contributed by atoms with Gasteiger partial charge in [-0.1, -0.05) is 0 Å². The first-order valence-electron chi connectivity index (χ1n) is 4.98. The highest BCUT2D eigenvalue weighted by Gasteiger charge is 2.05. The number of nitrogens with two attached hydrogens (primary N) is 1. The van der Waals surface area contributed by atoms with Crippen LogP contribution in [0.25, 0.3) is 0 Å². The fourth-order valence-corrected chi connectivity index (χ4v) is 1.12. The van der Waals surface area contributed by atoms with E-state index in [0.717, 1.165) is 0 Å². The molecule has 4 amide bonds. The molecular weight excluding hydrogens is 234 g/mol. The minimum Gasteiger partial charge on any atom is -0.370 e. The smallest absolute Gasteiger partial charge is 0.321 e. The average Bonchev–Trinajstić information content (AvgIpc) is 2.16. The fourth-order valence-electron chi connectivity index (χ4n) is 0.945. The lowest BCUT2D eigenvalue weighted by molar-refractivity contribution is -0.120. The Hall–Kier alpha value is -1.30. The molecule has 0 saturated carbocycles. The Morgan fingerprint density at radius 2 is 1.81 bits per heavy atom. The maximum atomic E-state index is 11.0. The van der Waals surface area contributed by atoms with Crippen molar-refractivity contribution in [1.82, 2.24) is 10.6 Å². The number of nitrogens with one attached hydrogen (secondary N) is 2. The molecule has 0 fully saturated rings. The fraction of sp³-hybridized carbons (Fsp3) is 0.667. The van der Waals surface area contributed by atoms with Gasteiger partial charge in [0.2, 0.25) is 11.8 Å². The molecule has 0 heterocycles. The van der Waals surface area contributed by atoms with E-state index in [2.05, 4.69) is 10.6 Å². The molecule has 7 heteroatoms. The van der Waals surface area contributed by atoms with E-state index in [0.29, 0.717) is 25.8 Å². The third kappa shape index (κ3) is 9.26. The Bertz CT molecular complexity index is 258. The van der Waals surface area contributed by atoms with Gasteiger partial charge >= 0.3 is 6.03 Å². The molecule has 0 aliphatic carbocycles. The SMILES string of the molecule is NC(=O)CCCCNC(=O)NC(=O)CCCl. The van der Waals surface area contributed by atoms with Crippen molar-refractivity contribution in [2.24, 2.45) is 5.73 Å². The number of imide groups is 1. The molecule has 0 aliphatic rings. The predicted octanol–water partition coefficient (Wildman–Crippen LogP) is 0.0967. The summed E-state index contributed by atoms with van der Waals surface area (Å²) in [6.07, 6.45) is 1.66. The third-order valence-corrected chi connectivity index (χ3v) is 1.90. The highest BCUT2D eigenvalue weighted by Crippen LogP contribution is 1.92. The second-order valence-electron chi connectivity index (χ2n) is 3.17. The van der Waals surface area contributed by atoms with Crippen LogP contribution < -0.4 is 16.4 Å². The molecule has 0 saturated heterocycles. The zero-order valence-electron chi connectivity index (χ0n) is 8.92. The number of halogens is 1. The molecule has 4 N–H and O–H groups in total. The summed E-state index contributed by atoms with van der Waals surface area (Å²) in [6, 6.07) is -0.547. The lowest BCUT2D eigenvalue weighted by Crippen LogP contribution is -2.39. The molecule has 16 heavy (non-hydrogen) atoms. The van der Waals surface area contributed by atoms with Crippen LogP contribution in [0.5, 0.6) is 0 Å². The molecule has 92 valence electrons. The molecule has 0 aromatic carbocycles. The van der Waals surface area contributed by atoms with Gasteiger partial charge in [0.1, 0.15) is 0 Å². The van der Waals surface area contributed by atoms with Gasteiger partial charge in [-0.15, -0.1) is 11.6 Å². The van der Waals surface area contributed by atoms with Crippen molar-refractivity contribution >= 4 is 29.4 Å². The maximum Gasteiger partial charge on any atom is 0.321 e. The van der Waals surface area contributed by atoms with Crippen LogP contribution in [0.3, 0.4) is 0 Å². The number of carbonyl (C=O) groups is 3. The first-order chi connectivity index (χ1) is 7.56. The van der Waals surface area contributed by atoms with Gasteiger partial charge in [-0.3, -0.25) is 14.9 Å². The summed E-state index contributed by atoms with van der Waals surface area (Å²) in [5.74, 6) is -0.594. The van der Waals surface area contributed by atoms with E-state index in [1.165, 1.54) is 0 Å². The number of unbranched alkanes of at least 4 members (excludes halogenated alkanes) is 1. The topological polar surface area (TPSA) is 101 Å². The normalized spacial score (nSPS) is 9.56. The summed E-state index contributed by atoms with van der Waals surface area (Å²) in [5.41, 5.74) is 4.94. The second kappa shape index (κ2) is 8.96. The zero-order valence-corrected chi connectivity index (χ0v) is 9.68. The summed E-state index contributed by atoms with van der Waals surface area (Å²) in [5, 5.41) is 4.60. The third-order valence-electron chi connectivity index (χ3n) is 1.71. The van der Waals surface area contributed by atoms with Crippen LogP contribution in [0.4, 0.5) is 4.79 Å². The number of urea groups is 1. The van der Waals surface area contributed by atoms with Crippen molar-refractivity contribution < 1.29 is 14.4 Å². The van der Waals surface area contributed by atoms with Gasteiger partial charge in [0.05, 0.1) is 0 Å². The van der Waals surface area contributed by atoms with Gasteiger partial charge in [0.25, 0.3) is 0 Å². The van der Waals surface area contributed by atoms with Crippen LogP contribution in [0.1, 0.15) is 25.7 Å². The van der Waals surface area contributed by atoms with Crippen molar-refractivity contribution in [2.75, 3.05) is 12.4 Å². The number of carbonyl (C=O) groups excluding carboxylic acids is 3. The maximum absolute atomic E-state index is 11.0. The summed E-state index contributed by atoms with van der Waals surface area (Å²) in [4.78, 5) is 32.3. The number of amides is 4. The van der Waals surface area contributed by atoms with Crippen LogP contribution in [-0.4, -0.2) is 30.3 Å². The Kier molecular flexibility index (Phi) is 8.24. The van der Waals surface area contributed by atoms with Crippen molar-refractivity contribution in [2.45, 2.75) is 25.7 Å². The average molecular weight is 250 g/mol. The van der Waals surface area contributed by atoms with Crippen molar-refractivity contribution in [3.8, 4) is 0 Å². The highest BCUT2D eigenvalue weighted by atomic mass is 35.5. The Labute approximate surface area is 98.9 Å². The van der Waals surface area contributed by atoms with Crippen LogP contribution in [0, 0.1) is 0 Å². The van der Waals surface area contributed by atoms with Crippen molar-refractivity contribution in [3.05, 3.63) is 0 Å². The minimum absolute atomic E-state index is 0.108. The van der Waals surface area contributed by atoms with Gasteiger partial charge in [-0.25, -0.2) is 4.79 Å². The van der Waals surface area contributed by atoms with E-state index in [1.807, 2.05) is 0 Å². The number of alkyl halides is 1. The minimum atomic E-state index is -0.547. The zero-order chi connectivity index (χ0) is 12.4. The largest absolute Gasteiger partial charge is 0.370 e. The molecule has 6 nitrogen and oxygen atoms in total. The number of hydrogen-bond donors (Lipinski definition) is 3. The van der Waals surface area contributed by atoms with E-state index >= 15 is 0 Å². The summed E-state index contributed by atoms with van der Waals surface area (Å²) < 4.78 is 0. The van der Waals surface area contributed by atoms with Crippen LogP contribution in [0.15, 0.2) is 0 Å². The molecule has 0 aliphatic heterocycles. The van der Waals surface area contributed by atoms with Gasteiger partial charge in [0, 0.05) is 25.3 Å². The lowest BCUT2D eigenvalue weighted by atomic mass is 10.2.